The maximum atomic E-state index is 11.7. The molecule has 0 aliphatic heterocycles. The number of halogens is 1. The van der Waals surface area contributed by atoms with Gasteiger partial charge in [0.2, 0.25) is 0 Å². The molecule has 0 saturated carbocycles. The average molecular weight is 489 g/mol. The minimum Gasteiger partial charge on any atom is -0.508 e. The molecule has 0 spiro atoms. The van der Waals surface area contributed by atoms with Crippen LogP contribution >= 0.6 is 17.0 Å². The number of carbonyl (C=O) groups is 1. The Kier molecular flexibility index (Phi) is 11.2. The Morgan fingerprint density at radius 3 is 1.84 bits per heavy atom. The molecule has 3 aromatic rings. The van der Waals surface area contributed by atoms with Crippen LogP contribution in [-0.2, 0) is 11.3 Å². The normalized spacial score (nSPS) is 11.7. The minimum absolute atomic E-state index is 0. The van der Waals surface area contributed by atoms with Gasteiger partial charge in [0, 0.05) is 6.04 Å². The van der Waals surface area contributed by atoms with E-state index in [1.807, 2.05) is 56.3 Å². The summed E-state index contributed by atoms with van der Waals surface area (Å²) >= 11 is 0. The van der Waals surface area contributed by atoms with E-state index in [-0.39, 0.29) is 47.2 Å². The minimum atomic E-state index is -0.463. The highest BCUT2D eigenvalue weighted by Gasteiger charge is 2.10. The number of nitrogens with one attached hydrogen (secondary N) is 1. The largest absolute Gasteiger partial charge is 0.508 e. The van der Waals surface area contributed by atoms with Crippen LogP contribution in [0.25, 0.3) is 0 Å². The molecular weight excluding hydrogens is 460 g/mol. The van der Waals surface area contributed by atoms with Crippen LogP contribution in [0.4, 0.5) is 4.79 Å². The maximum absolute atomic E-state index is 11.7. The zero-order valence-corrected chi connectivity index (χ0v) is 19.3. The second-order valence-corrected chi connectivity index (χ2v) is 6.90. The number of alkyl carbamates (subject to hydrolysis) is 1. The number of nitrogens with two attached hydrogens (primary N) is 1. The number of hydrogen-bond donors (Lipinski definition) is 4. The maximum Gasteiger partial charge on any atom is 0.407 e. The molecule has 0 fully saturated rings. The number of rotatable bonds is 5. The highest BCUT2D eigenvalue weighted by atomic mass is 79.9. The van der Waals surface area contributed by atoms with Gasteiger partial charge in [-0.2, -0.15) is 0 Å². The van der Waals surface area contributed by atoms with Crippen molar-refractivity contribution in [3.63, 3.8) is 0 Å². The smallest absolute Gasteiger partial charge is 0.407 e. The van der Waals surface area contributed by atoms with Crippen molar-refractivity contribution >= 4 is 23.1 Å². The summed E-state index contributed by atoms with van der Waals surface area (Å²) in [5, 5.41) is 20.9. The lowest BCUT2D eigenvalue weighted by molar-refractivity contribution is 0.136. The van der Waals surface area contributed by atoms with Crippen molar-refractivity contribution in [1.29, 1.82) is 0 Å². The zero-order chi connectivity index (χ0) is 21.9. The van der Waals surface area contributed by atoms with Gasteiger partial charge >= 0.3 is 6.09 Å². The summed E-state index contributed by atoms with van der Waals surface area (Å²) in [5.74, 6) is 0.483. The van der Waals surface area contributed by atoms with Crippen LogP contribution < -0.4 is 11.1 Å². The SMILES string of the molecule is Br.C[C@H](N)c1ccc(O)cc1.C[C@H](NC(=O)OCc1ccccc1)c1ccc(O)cc1. The molecule has 31 heavy (non-hydrogen) atoms. The topological polar surface area (TPSA) is 105 Å². The number of phenolic OH excluding ortho intramolecular Hbond substituents is 2. The summed E-state index contributed by atoms with van der Waals surface area (Å²) in [7, 11) is 0. The van der Waals surface area contributed by atoms with E-state index in [2.05, 4.69) is 5.32 Å². The lowest BCUT2D eigenvalue weighted by Gasteiger charge is -2.14. The van der Waals surface area contributed by atoms with Crippen molar-refractivity contribution in [1.82, 2.24) is 5.32 Å². The lowest BCUT2D eigenvalue weighted by atomic mass is 10.1. The molecule has 0 aromatic heterocycles. The molecule has 1 amide bonds. The van der Waals surface area contributed by atoms with Crippen molar-refractivity contribution in [2.24, 2.45) is 5.73 Å². The predicted octanol–water partition coefficient (Wildman–Crippen LogP) is 5.37. The first kappa shape index (κ1) is 26.0. The molecule has 7 heteroatoms. The average Bonchev–Trinajstić information content (AvgIpc) is 2.74. The highest BCUT2D eigenvalue weighted by molar-refractivity contribution is 8.93. The van der Waals surface area contributed by atoms with E-state index in [0.717, 1.165) is 16.7 Å². The number of ether oxygens (including phenoxy) is 1. The first-order valence-electron chi connectivity index (χ1n) is 9.66. The van der Waals surface area contributed by atoms with Gasteiger partial charge < -0.3 is 26.0 Å². The van der Waals surface area contributed by atoms with Crippen molar-refractivity contribution in [2.75, 3.05) is 0 Å². The van der Waals surface area contributed by atoms with Gasteiger partial charge in [-0.15, -0.1) is 17.0 Å². The van der Waals surface area contributed by atoms with Gasteiger partial charge in [-0.25, -0.2) is 4.79 Å². The number of carbonyl (C=O) groups excluding carboxylic acids is 1. The number of benzene rings is 3. The zero-order valence-electron chi connectivity index (χ0n) is 17.6. The molecular formula is C24H29BrN2O4. The highest BCUT2D eigenvalue weighted by Crippen LogP contribution is 2.16. The van der Waals surface area contributed by atoms with E-state index >= 15 is 0 Å². The van der Waals surface area contributed by atoms with Gasteiger partial charge in [-0.05, 0) is 54.8 Å². The molecule has 5 N–H and O–H groups in total. The van der Waals surface area contributed by atoms with Gasteiger partial charge in [0.15, 0.2) is 0 Å². The van der Waals surface area contributed by atoms with E-state index in [1.165, 1.54) is 0 Å². The summed E-state index contributed by atoms with van der Waals surface area (Å²) in [6, 6.07) is 23.0. The summed E-state index contributed by atoms with van der Waals surface area (Å²) in [6.07, 6.45) is -0.463. The number of hydrogen-bond acceptors (Lipinski definition) is 5. The van der Waals surface area contributed by atoms with E-state index in [4.69, 9.17) is 15.6 Å². The van der Waals surface area contributed by atoms with Crippen molar-refractivity contribution in [3.05, 3.63) is 95.6 Å². The van der Waals surface area contributed by atoms with E-state index < -0.39 is 6.09 Å². The van der Waals surface area contributed by atoms with E-state index in [9.17, 15) is 9.90 Å². The molecule has 2 atom stereocenters. The third-order valence-electron chi connectivity index (χ3n) is 4.36. The van der Waals surface area contributed by atoms with Gasteiger partial charge in [0.25, 0.3) is 0 Å². The molecule has 0 aliphatic carbocycles. The van der Waals surface area contributed by atoms with Crippen LogP contribution in [0.15, 0.2) is 78.9 Å². The molecule has 0 heterocycles. The fraction of sp³-hybridized carbons (Fsp3) is 0.208. The fourth-order valence-electron chi connectivity index (χ4n) is 2.57. The van der Waals surface area contributed by atoms with Crippen LogP contribution in [0.3, 0.4) is 0 Å². The Labute approximate surface area is 193 Å². The third kappa shape index (κ3) is 9.55. The molecule has 3 rings (SSSR count). The van der Waals surface area contributed by atoms with Gasteiger partial charge in [-0.1, -0.05) is 54.6 Å². The Balaban J connectivity index is 0.000000370. The van der Waals surface area contributed by atoms with Crippen molar-refractivity contribution < 1.29 is 19.7 Å². The standard InChI is InChI=1S/C16H17NO3.C8H11NO.BrH/c1-12(14-7-9-15(18)10-8-14)17-16(19)20-11-13-5-3-2-4-6-13;1-6(9)7-2-4-8(10)5-3-7;/h2-10,12,18H,11H2,1H3,(H,17,19);2-6,10H,9H2,1H3;1H/t12-;6-;/m00./s1. The summed E-state index contributed by atoms with van der Waals surface area (Å²) in [5.41, 5.74) is 8.47. The van der Waals surface area contributed by atoms with Crippen LogP contribution in [0.2, 0.25) is 0 Å². The Morgan fingerprint density at radius 1 is 0.871 bits per heavy atom. The third-order valence-corrected chi connectivity index (χ3v) is 4.36. The number of aromatic hydroxyl groups is 2. The Bertz CT molecular complexity index is 901. The number of amides is 1. The predicted molar refractivity (Wildman–Crippen MR) is 127 cm³/mol. The van der Waals surface area contributed by atoms with Crippen LogP contribution in [-0.4, -0.2) is 16.3 Å². The first-order valence-corrected chi connectivity index (χ1v) is 9.66. The quantitative estimate of drug-likeness (QED) is 0.386. The van der Waals surface area contributed by atoms with Crippen molar-refractivity contribution in [3.8, 4) is 11.5 Å². The summed E-state index contributed by atoms with van der Waals surface area (Å²) in [6.45, 7) is 4.01. The molecule has 6 nitrogen and oxygen atoms in total. The first-order chi connectivity index (χ1) is 14.3. The molecule has 166 valence electrons. The second-order valence-electron chi connectivity index (χ2n) is 6.90. The van der Waals surface area contributed by atoms with Gasteiger partial charge in [0.1, 0.15) is 18.1 Å². The fourth-order valence-corrected chi connectivity index (χ4v) is 2.57. The van der Waals surface area contributed by atoms with Crippen LogP contribution in [0.5, 0.6) is 11.5 Å². The van der Waals surface area contributed by atoms with Crippen LogP contribution in [0, 0.1) is 0 Å². The monoisotopic (exact) mass is 488 g/mol. The van der Waals surface area contributed by atoms with Crippen molar-refractivity contribution in [2.45, 2.75) is 32.5 Å². The number of phenols is 2. The van der Waals surface area contributed by atoms with Gasteiger partial charge in [-0.3, -0.25) is 0 Å². The summed E-state index contributed by atoms with van der Waals surface area (Å²) in [4.78, 5) is 11.7. The lowest BCUT2D eigenvalue weighted by Crippen LogP contribution is -2.27. The van der Waals surface area contributed by atoms with Crippen LogP contribution in [0.1, 0.15) is 42.6 Å². The molecule has 0 aliphatic rings. The van der Waals surface area contributed by atoms with E-state index in [0.29, 0.717) is 0 Å². The van der Waals surface area contributed by atoms with E-state index in [1.54, 1.807) is 36.4 Å². The molecule has 0 saturated heterocycles. The molecule has 0 bridgehead atoms. The Hall–Kier alpha value is -3.03. The molecule has 3 aromatic carbocycles. The summed E-state index contributed by atoms with van der Waals surface area (Å²) < 4.78 is 5.14. The Morgan fingerprint density at radius 2 is 1.35 bits per heavy atom. The molecule has 0 unspecified atom stereocenters. The second kappa shape index (κ2) is 13.3. The van der Waals surface area contributed by atoms with Gasteiger partial charge in [0.05, 0.1) is 6.04 Å². The molecule has 0 radical (unpaired) electrons.